The van der Waals surface area contributed by atoms with Gasteiger partial charge in [0.15, 0.2) is 0 Å². The van der Waals surface area contributed by atoms with Crippen LogP contribution in [0.3, 0.4) is 0 Å². The van der Waals surface area contributed by atoms with Gasteiger partial charge in [-0.25, -0.2) is 8.78 Å². The molecule has 2 atom stereocenters. The lowest BCUT2D eigenvalue weighted by atomic mass is 10.2. The van der Waals surface area contributed by atoms with E-state index in [0.29, 0.717) is 6.42 Å². The highest BCUT2D eigenvalue weighted by Crippen LogP contribution is 2.01. The average molecular weight is 225 g/mol. The first-order valence-electron chi connectivity index (χ1n) is 4.89. The van der Waals surface area contributed by atoms with Crippen molar-refractivity contribution in [2.75, 3.05) is 13.2 Å². The molecule has 4 nitrogen and oxygen atoms in total. The molecule has 6 heteroatoms. The second kappa shape index (κ2) is 7.53. The summed E-state index contributed by atoms with van der Waals surface area (Å²) >= 11 is 0. The lowest BCUT2D eigenvalue weighted by Crippen LogP contribution is -2.43. The maximum atomic E-state index is 11.9. The Morgan fingerprint density at radius 2 is 2.07 bits per heavy atom. The van der Waals surface area contributed by atoms with Gasteiger partial charge < -0.3 is 15.2 Å². The summed E-state index contributed by atoms with van der Waals surface area (Å²) < 4.78 is 28.6. The summed E-state index contributed by atoms with van der Waals surface area (Å²) in [7, 11) is 0. The lowest BCUT2D eigenvalue weighted by molar-refractivity contribution is -0.146. The second-order valence-electron chi connectivity index (χ2n) is 3.02. The van der Waals surface area contributed by atoms with Gasteiger partial charge >= 0.3 is 5.97 Å². The number of hydrogen-bond acceptors (Lipinski definition) is 4. The summed E-state index contributed by atoms with van der Waals surface area (Å²) in [5, 5.41) is 11.3. The Morgan fingerprint density at radius 1 is 1.47 bits per heavy atom. The summed E-state index contributed by atoms with van der Waals surface area (Å²) in [6.07, 6.45) is -4.14. The molecule has 0 aromatic carbocycles. The third-order valence-electron chi connectivity index (χ3n) is 1.84. The van der Waals surface area contributed by atoms with Crippen molar-refractivity contribution in [3.8, 4) is 0 Å². The van der Waals surface area contributed by atoms with E-state index in [1.165, 1.54) is 0 Å². The van der Waals surface area contributed by atoms with E-state index in [0.717, 1.165) is 0 Å². The van der Waals surface area contributed by atoms with E-state index in [9.17, 15) is 13.6 Å². The van der Waals surface area contributed by atoms with Crippen LogP contribution in [0.2, 0.25) is 0 Å². The van der Waals surface area contributed by atoms with Crippen LogP contribution >= 0.6 is 0 Å². The quantitative estimate of drug-likeness (QED) is 0.621. The zero-order valence-electron chi connectivity index (χ0n) is 8.87. The number of hydrogen-bond donors (Lipinski definition) is 2. The van der Waals surface area contributed by atoms with Crippen LogP contribution < -0.4 is 5.32 Å². The Hall–Kier alpha value is -0.750. The van der Waals surface area contributed by atoms with Gasteiger partial charge in [-0.05, 0) is 13.3 Å². The number of carbonyl (C=O) groups is 1. The van der Waals surface area contributed by atoms with Crippen LogP contribution in [0.5, 0.6) is 0 Å². The number of aliphatic hydroxyl groups excluding tert-OH is 1. The summed E-state index contributed by atoms with van der Waals surface area (Å²) in [5.41, 5.74) is 0. The highest BCUT2D eigenvalue weighted by atomic mass is 19.3. The molecule has 0 saturated carbocycles. The van der Waals surface area contributed by atoms with Crippen molar-refractivity contribution in [3.05, 3.63) is 0 Å². The molecule has 2 N–H and O–H groups in total. The topological polar surface area (TPSA) is 58.6 Å². The van der Waals surface area contributed by atoms with E-state index < -0.39 is 24.5 Å². The molecular weight excluding hydrogens is 208 g/mol. The van der Waals surface area contributed by atoms with Gasteiger partial charge in [-0.15, -0.1) is 0 Å². The second-order valence-corrected chi connectivity index (χ2v) is 3.02. The zero-order chi connectivity index (χ0) is 11.8. The minimum atomic E-state index is -2.81. The number of rotatable bonds is 7. The monoisotopic (exact) mass is 225 g/mol. The maximum absolute atomic E-state index is 11.9. The van der Waals surface area contributed by atoms with Gasteiger partial charge in [0, 0.05) is 6.54 Å². The van der Waals surface area contributed by atoms with Crippen LogP contribution in [-0.4, -0.2) is 42.8 Å². The first-order valence-corrected chi connectivity index (χ1v) is 4.89. The number of carbonyl (C=O) groups excluding carboxylic acids is 1. The standard InChI is InChI=1S/C9H17F2NO3/c1-3-6(9(14)15-4-2)12-5-7(13)8(10)11/h6-8,12-13H,3-5H2,1-2H3. The number of alkyl halides is 2. The summed E-state index contributed by atoms with van der Waals surface area (Å²) in [4.78, 5) is 11.2. The molecule has 2 unspecified atom stereocenters. The van der Waals surface area contributed by atoms with Gasteiger partial charge in [0.05, 0.1) is 6.61 Å². The summed E-state index contributed by atoms with van der Waals surface area (Å²) in [5.74, 6) is -0.485. The predicted octanol–water partition coefficient (Wildman–Crippen LogP) is 0.544. The number of aliphatic hydroxyl groups is 1. The highest BCUT2D eigenvalue weighted by molar-refractivity contribution is 5.75. The SMILES string of the molecule is CCOC(=O)C(CC)NCC(O)C(F)F. The smallest absolute Gasteiger partial charge is 0.323 e. The highest BCUT2D eigenvalue weighted by Gasteiger charge is 2.21. The molecule has 0 aliphatic carbocycles. The maximum Gasteiger partial charge on any atom is 0.323 e. The van der Waals surface area contributed by atoms with Crippen molar-refractivity contribution in [1.82, 2.24) is 5.32 Å². The molecule has 0 aliphatic heterocycles. The Morgan fingerprint density at radius 3 is 2.47 bits per heavy atom. The molecule has 0 heterocycles. The van der Waals surface area contributed by atoms with Crippen LogP contribution in [0.25, 0.3) is 0 Å². The normalized spacial score (nSPS) is 15.1. The third-order valence-corrected chi connectivity index (χ3v) is 1.84. The Kier molecular flexibility index (Phi) is 7.15. The van der Waals surface area contributed by atoms with Crippen LogP contribution in [-0.2, 0) is 9.53 Å². The van der Waals surface area contributed by atoms with E-state index in [1.807, 2.05) is 0 Å². The summed E-state index contributed by atoms with van der Waals surface area (Å²) in [6, 6.07) is -0.640. The molecular formula is C9H17F2NO3. The molecule has 15 heavy (non-hydrogen) atoms. The van der Waals surface area contributed by atoms with E-state index >= 15 is 0 Å². The van der Waals surface area contributed by atoms with E-state index in [1.54, 1.807) is 13.8 Å². The molecule has 0 bridgehead atoms. The molecule has 0 radical (unpaired) electrons. The molecule has 0 aromatic rings. The number of ether oxygens (including phenoxy) is 1. The Bertz CT molecular complexity index is 190. The predicted molar refractivity (Wildman–Crippen MR) is 50.7 cm³/mol. The van der Waals surface area contributed by atoms with Crippen LogP contribution in [0, 0.1) is 0 Å². The molecule has 0 amide bonds. The molecule has 0 rings (SSSR count). The van der Waals surface area contributed by atoms with E-state index in [2.05, 4.69) is 5.32 Å². The fraction of sp³-hybridized carbons (Fsp3) is 0.889. The number of esters is 1. The molecule has 0 fully saturated rings. The van der Waals surface area contributed by atoms with Crippen molar-refractivity contribution in [3.63, 3.8) is 0 Å². The molecule has 0 aromatic heterocycles. The fourth-order valence-electron chi connectivity index (χ4n) is 0.989. The van der Waals surface area contributed by atoms with Gasteiger partial charge in [-0.2, -0.15) is 0 Å². The largest absolute Gasteiger partial charge is 0.465 e. The Balaban J connectivity index is 3.94. The minimum absolute atomic E-state index is 0.244. The fourth-order valence-corrected chi connectivity index (χ4v) is 0.989. The van der Waals surface area contributed by atoms with Crippen LogP contribution in [0.4, 0.5) is 8.78 Å². The van der Waals surface area contributed by atoms with Gasteiger partial charge in [0.2, 0.25) is 0 Å². The number of nitrogens with one attached hydrogen (secondary N) is 1. The van der Waals surface area contributed by atoms with Crippen molar-refractivity contribution in [1.29, 1.82) is 0 Å². The molecule has 0 aliphatic rings. The first-order chi connectivity index (χ1) is 7.02. The average Bonchev–Trinajstić information content (AvgIpc) is 2.18. The van der Waals surface area contributed by atoms with Crippen LogP contribution in [0.1, 0.15) is 20.3 Å². The Labute approximate surface area is 87.6 Å². The zero-order valence-corrected chi connectivity index (χ0v) is 8.87. The minimum Gasteiger partial charge on any atom is -0.465 e. The van der Waals surface area contributed by atoms with Crippen molar-refractivity contribution >= 4 is 5.97 Å². The third kappa shape index (κ3) is 5.64. The van der Waals surface area contributed by atoms with Crippen molar-refractivity contribution < 1.29 is 23.4 Å². The van der Waals surface area contributed by atoms with Crippen molar-refractivity contribution in [2.24, 2.45) is 0 Å². The van der Waals surface area contributed by atoms with Gasteiger partial charge in [0.25, 0.3) is 6.43 Å². The molecule has 0 saturated heterocycles. The lowest BCUT2D eigenvalue weighted by Gasteiger charge is -2.17. The molecule has 90 valence electrons. The molecule has 0 spiro atoms. The van der Waals surface area contributed by atoms with E-state index in [-0.39, 0.29) is 13.2 Å². The first kappa shape index (κ1) is 14.2. The van der Waals surface area contributed by atoms with Gasteiger partial charge in [-0.1, -0.05) is 6.92 Å². The van der Waals surface area contributed by atoms with E-state index in [4.69, 9.17) is 9.84 Å². The number of halogens is 2. The van der Waals surface area contributed by atoms with Crippen molar-refractivity contribution in [2.45, 2.75) is 38.8 Å². The van der Waals surface area contributed by atoms with Crippen LogP contribution in [0.15, 0.2) is 0 Å². The summed E-state index contributed by atoms with van der Waals surface area (Å²) in [6.45, 7) is 3.31. The van der Waals surface area contributed by atoms with Gasteiger partial charge in [0.1, 0.15) is 12.1 Å². The van der Waals surface area contributed by atoms with Gasteiger partial charge in [-0.3, -0.25) is 4.79 Å².